The van der Waals surface area contributed by atoms with Crippen molar-refractivity contribution in [3.8, 4) is 0 Å². The highest BCUT2D eigenvalue weighted by atomic mass is 14.7. The summed E-state index contributed by atoms with van der Waals surface area (Å²) in [5.74, 6) is 0.736. The molecule has 0 heterocycles. The van der Waals surface area contributed by atoms with Crippen molar-refractivity contribution in [3.63, 3.8) is 0 Å². The van der Waals surface area contributed by atoms with Gasteiger partial charge in [-0.15, -0.1) is 0 Å². The van der Waals surface area contributed by atoms with Gasteiger partial charge in [0.25, 0.3) is 0 Å². The van der Waals surface area contributed by atoms with E-state index in [0.717, 1.165) is 12.5 Å². The molecule has 0 amide bonds. The van der Waals surface area contributed by atoms with Gasteiger partial charge in [-0.25, -0.2) is 0 Å². The Morgan fingerprint density at radius 1 is 1.24 bits per heavy atom. The van der Waals surface area contributed by atoms with Gasteiger partial charge < -0.3 is 5.73 Å². The number of benzene rings is 1. The van der Waals surface area contributed by atoms with Gasteiger partial charge in [0.05, 0.1) is 0 Å². The Morgan fingerprint density at radius 2 is 1.88 bits per heavy atom. The van der Waals surface area contributed by atoms with Crippen molar-refractivity contribution in [2.75, 3.05) is 6.54 Å². The maximum absolute atomic E-state index is 6.21. The van der Waals surface area contributed by atoms with E-state index in [2.05, 4.69) is 51.1 Å². The standard InChI is InChI=1S/C16H25N/c1-13-8-7-11-16(12-17,15(13,2)3)14-9-5-4-6-10-14/h4-6,9-10,13H,7-8,11-12,17H2,1-3H3. The molecule has 94 valence electrons. The zero-order valence-electron chi connectivity index (χ0n) is 11.4. The van der Waals surface area contributed by atoms with Crippen molar-refractivity contribution < 1.29 is 0 Å². The van der Waals surface area contributed by atoms with E-state index >= 15 is 0 Å². The third-order valence-electron chi connectivity index (χ3n) is 5.38. The number of hydrogen-bond acceptors (Lipinski definition) is 1. The highest BCUT2D eigenvalue weighted by Crippen LogP contribution is 2.54. The second-order valence-electron chi connectivity index (χ2n) is 6.17. The van der Waals surface area contributed by atoms with Crippen molar-refractivity contribution in [1.29, 1.82) is 0 Å². The highest BCUT2D eigenvalue weighted by Gasteiger charge is 2.49. The van der Waals surface area contributed by atoms with Crippen LogP contribution in [-0.2, 0) is 5.41 Å². The summed E-state index contributed by atoms with van der Waals surface area (Å²) in [7, 11) is 0. The molecular formula is C16H25N. The molecule has 2 N–H and O–H groups in total. The largest absolute Gasteiger partial charge is 0.330 e. The topological polar surface area (TPSA) is 26.0 Å². The molecule has 1 nitrogen and oxygen atoms in total. The molecule has 0 aliphatic heterocycles. The lowest BCUT2D eigenvalue weighted by molar-refractivity contribution is 0.0403. The first-order valence-electron chi connectivity index (χ1n) is 6.80. The maximum atomic E-state index is 6.21. The molecule has 1 aromatic carbocycles. The van der Waals surface area contributed by atoms with Gasteiger partial charge in [-0.05, 0) is 23.3 Å². The Hall–Kier alpha value is -0.820. The minimum atomic E-state index is 0.159. The third-order valence-corrected chi connectivity index (χ3v) is 5.38. The lowest BCUT2D eigenvalue weighted by Crippen LogP contribution is -2.53. The third kappa shape index (κ3) is 1.81. The van der Waals surface area contributed by atoms with E-state index in [1.54, 1.807) is 0 Å². The van der Waals surface area contributed by atoms with E-state index in [1.165, 1.54) is 24.8 Å². The molecule has 0 bridgehead atoms. The maximum Gasteiger partial charge on any atom is 0.0129 e. The molecular weight excluding hydrogens is 206 g/mol. The second-order valence-corrected chi connectivity index (χ2v) is 6.17. The molecule has 0 aromatic heterocycles. The van der Waals surface area contributed by atoms with Crippen molar-refractivity contribution in [2.24, 2.45) is 17.1 Å². The summed E-state index contributed by atoms with van der Waals surface area (Å²) >= 11 is 0. The lowest BCUT2D eigenvalue weighted by atomic mass is 9.51. The van der Waals surface area contributed by atoms with Crippen LogP contribution in [0.15, 0.2) is 30.3 Å². The molecule has 1 fully saturated rings. The molecule has 1 saturated carbocycles. The summed E-state index contributed by atoms with van der Waals surface area (Å²) in [6.45, 7) is 7.94. The number of nitrogens with two attached hydrogens (primary N) is 1. The minimum absolute atomic E-state index is 0.159. The van der Waals surface area contributed by atoms with Gasteiger partial charge >= 0.3 is 0 Å². The molecule has 1 aliphatic rings. The molecule has 2 rings (SSSR count). The van der Waals surface area contributed by atoms with E-state index in [-0.39, 0.29) is 10.8 Å². The van der Waals surface area contributed by atoms with Crippen LogP contribution in [0.1, 0.15) is 45.6 Å². The summed E-state index contributed by atoms with van der Waals surface area (Å²) < 4.78 is 0. The molecule has 0 saturated heterocycles. The SMILES string of the molecule is CC1CCCC(CN)(c2ccccc2)C1(C)C. The monoisotopic (exact) mass is 231 g/mol. The van der Waals surface area contributed by atoms with E-state index < -0.39 is 0 Å². The van der Waals surface area contributed by atoms with E-state index in [9.17, 15) is 0 Å². The molecule has 1 aliphatic carbocycles. The van der Waals surface area contributed by atoms with Gasteiger partial charge in [0.2, 0.25) is 0 Å². The van der Waals surface area contributed by atoms with Crippen LogP contribution in [0.5, 0.6) is 0 Å². The predicted molar refractivity (Wildman–Crippen MR) is 74.0 cm³/mol. The van der Waals surface area contributed by atoms with Crippen LogP contribution in [0.2, 0.25) is 0 Å². The van der Waals surface area contributed by atoms with Crippen LogP contribution in [0.3, 0.4) is 0 Å². The van der Waals surface area contributed by atoms with Crippen LogP contribution in [0, 0.1) is 11.3 Å². The van der Waals surface area contributed by atoms with E-state index in [0.29, 0.717) is 0 Å². The molecule has 2 unspecified atom stereocenters. The summed E-state index contributed by atoms with van der Waals surface area (Å²) in [5, 5.41) is 0. The van der Waals surface area contributed by atoms with Crippen LogP contribution < -0.4 is 5.73 Å². The average Bonchev–Trinajstić information content (AvgIpc) is 2.34. The Kier molecular flexibility index (Phi) is 3.31. The Labute approximate surface area is 105 Å². The summed E-state index contributed by atoms with van der Waals surface area (Å²) in [6, 6.07) is 10.9. The highest BCUT2D eigenvalue weighted by molar-refractivity contribution is 5.30. The van der Waals surface area contributed by atoms with Crippen molar-refractivity contribution in [3.05, 3.63) is 35.9 Å². The molecule has 1 heteroatoms. The van der Waals surface area contributed by atoms with Crippen LogP contribution in [0.25, 0.3) is 0 Å². The van der Waals surface area contributed by atoms with Crippen molar-refractivity contribution in [1.82, 2.24) is 0 Å². The number of rotatable bonds is 2. The smallest absolute Gasteiger partial charge is 0.0129 e. The first kappa shape index (κ1) is 12.6. The second kappa shape index (κ2) is 4.45. The van der Waals surface area contributed by atoms with Crippen molar-refractivity contribution >= 4 is 0 Å². The first-order chi connectivity index (χ1) is 8.04. The minimum Gasteiger partial charge on any atom is -0.330 e. The van der Waals surface area contributed by atoms with Crippen LogP contribution in [-0.4, -0.2) is 6.54 Å². The molecule has 0 radical (unpaired) electrons. The van der Waals surface area contributed by atoms with Gasteiger partial charge in [0.1, 0.15) is 0 Å². The summed E-state index contributed by atoms with van der Waals surface area (Å²) in [5.41, 5.74) is 8.08. The van der Waals surface area contributed by atoms with Gasteiger partial charge in [0.15, 0.2) is 0 Å². The van der Waals surface area contributed by atoms with E-state index in [1.807, 2.05) is 0 Å². The van der Waals surface area contributed by atoms with Crippen LogP contribution in [0.4, 0.5) is 0 Å². The average molecular weight is 231 g/mol. The Bertz CT molecular complexity index is 368. The van der Waals surface area contributed by atoms with Gasteiger partial charge in [-0.3, -0.25) is 0 Å². The van der Waals surface area contributed by atoms with Crippen LogP contribution >= 0.6 is 0 Å². The summed E-state index contributed by atoms with van der Waals surface area (Å²) in [6.07, 6.45) is 3.86. The first-order valence-corrected chi connectivity index (χ1v) is 6.80. The molecule has 0 spiro atoms. The molecule has 1 aromatic rings. The Morgan fingerprint density at radius 3 is 2.47 bits per heavy atom. The van der Waals surface area contributed by atoms with Gasteiger partial charge in [0, 0.05) is 12.0 Å². The summed E-state index contributed by atoms with van der Waals surface area (Å²) in [4.78, 5) is 0. The molecule has 2 atom stereocenters. The Balaban J connectivity index is 2.49. The fourth-order valence-corrected chi connectivity index (χ4v) is 3.62. The zero-order chi connectivity index (χ0) is 12.5. The fourth-order valence-electron chi connectivity index (χ4n) is 3.62. The predicted octanol–water partition coefficient (Wildman–Crippen LogP) is 3.73. The van der Waals surface area contributed by atoms with Crippen molar-refractivity contribution in [2.45, 2.75) is 45.4 Å². The zero-order valence-corrected chi connectivity index (χ0v) is 11.4. The van der Waals surface area contributed by atoms with E-state index in [4.69, 9.17) is 5.73 Å². The van der Waals surface area contributed by atoms with Gasteiger partial charge in [-0.1, -0.05) is 63.9 Å². The number of hydrogen-bond donors (Lipinski definition) is 1. The molecule has 17 heavy (non-hydrogen) atoms. The quantitative estimate of drug-likeness (QED) is 0.824. The normalized spacial score (nSPS) is 32.4. The fraction of sp³-hybridized carbons (Fsp3) is 0.625. The lowest BCUT2D eigenvalue weighted by Gasteiger charge is -2.54. The van der Waals surface area contributed by atoms with Gasteiger partial charge in [-0.2, -0.15) is 0 Å².